The molecule has 6 nitrogen and oxygen atoms in total. The molecule has 3 rings (SSSR count). The highest BCUT2D eigenvalue weighted by Crippen LogP contribution is 2.28. The van der Waals surface area contributed by atoms with E-state index in [2.05, 4.69) is 25.3 Å². The van der Waals surface area contributed by atoms with E-state index in [1.807, 2.05) is 6.92 Å². The molecule has 0 aliphatic rings. The number of H-pyrrole nitrogens is 1. The number of nitrogens with one attached hydrogen (secondary N) is 2. The van der Waals surface area contributed by atoms with Crippen LogP contribution in [0.15, 0.2) is 30.6 Å². The number of ether oxygens (including phenoxy) is 1. The Morgan fingerprint density at radius 1 is 1.29 bits per heavy atom. The fraction of sp³-hybridized carbons (Fsp3) is 0.214. The largest absolute Gasteiger partial charge is 0.434 e. The minimum atomic E-state index is -0.452. The van der Waals surface area contributed by atoms with Crippen molar-refractivity contribution in [2.45, 2.75) is 13.3 Å². The van der Waals surface area contributed by atoms with Gasteiger partial charge in [0.25, 0.3) is 5.88 Å². The number of aromatic nitrogens is 4. The fourth-order valence-electron chi connectivity index (χ4n) is 1.83. The second kappa shape index (κ2) is 5.74. The first-order valence-corrected chi connectivity index (χ1v) is 6.65. The van der Waals surface area contributed by atoms with Gasteiger partial charge >= 0.3 is 0 Å². The molecule has 2 N–H and O–H groups in total. The highest BCUT2D eigenvalue weighted by atomic mass is 19.1. The molecule has 0 aliphatic heterocycles. The van der Waals surface area contributed by atoms with Gasteiger partial charge in [0.15, 0.2) is 17.2 Å². The maximum Gasteiger partial charge on any atom is 0.250 e. The smallest absolute Gasteiger partial charge is 0.250 e. The van der Waals surface area contributed by atoms with Gasteiger partial charge in [0.2, 0.25) is 5.95 Å². The van der Waals surface area contributed by atoms with Crippen LogP contribution in [-0.4, -0.2) is 26.5 Å². The number of fused-ring (bicyclic) bond motifs is 1. The Labute approximate surface area is 120 Å². The van der Waals surface area contributed by atoms with Crippen LogP contribution in [0.4, 0.5) is 10.3 Å². The zero-order chi connectivity index (χ0) is 14.7. The summed E-state index contributed by atoms with van der Waals surface area (Å²) < 4.78 is 19.3. The Kier molecular flexibility index (Phi) is 3.63. The number of hydrogen-bond donors (Lipinski definition) is 2. The predicted octanol–water partition coefficient (Wildman–Crippen LogP) is 3.11. The van der Waals surface area contributed by atoms with Crippen LogP contribution in [0.5, 0.6) is 11.6 Å². The summed E-state index contributed by atoms with van der Waals surface area (Å²) in [6.45, 7) is 2.77. The summed E-state index contributed by atoms with van der Waals surface area (Å²) in [5.41, 5.74) is 0.996. The summed E-state index contributed by atoms with van der Waals surface area (Å²) in [4.78, 5) is 15.5. The van der Waals surface area contributed by atoms with E-state index < -0.39 is 5.82 Å². The van der Waals surface area contributed by atoms with Gasteiger partial charge in [-0.05, 0) is 18.6 Å². The first kappa shape index (κ1) is 13.3. The van der Waals surface area contributed by atoms with Crippen molar-refractivity contribution in [3.05, 3.63) is 36.4 Å². The molecule has 0 unspecified atom stereocenters. The van der Waals surface area contributed by atoms with Crippen molar-refractivity contribution in [2.75, 3.05) is 11.9 Å². The highest BCUT2D eigenvalue weighted by Gasteiger charge is 2.13. The van der Waals surface area contributed by atoms with Gasteiger partial charge < -0.3 is 15.0 Å². The van der Waals surface area contributed by atoms with E-state index in [9.17, 15) is 4.39 Å². The number of nitrogens with zero attached hydrogens (tertiary/aromatic N) is 3. The lowest BCUT2D eigenvalue weighted by atomic mass is 10.3. The van der Waals surface area contributed by atoms with Gasteiger partial charge in [-0.2, -0.15) is 9.97 Å². The minimum Gasteiger partial charge on any atom is -0.434 e. The molecular formula is C14H14FN5O. The maximum atomic E-state index is 13.7. The predicted molar refractivity (Wildman–Crippen MR) is 76.9 cm³/mol. The van der Waals surface area contributed by atoms with E-state index >= 15 is 0 Å². The second-order valence-corrected chi connectivity index (χ2v) is 4.41. The number of para-hydroxylation sites is 1. The molecule has 0 amide bonds. The zero-order valence-electron chi connectivity index (χ0n) is 11.4. The molecule has 0 bridgehead atoms. The molecule has 0 fully saturated rings. The minimum absolute atomic E-state index is 0.105. The van der Waals surface area contributed by atoms with Crippen LogP contribution in [0.25, 0.3) is 11.2 Å². The lowest BCUT2D eigenvalue weighted by Crippen LogP contribution is -2.05. The first-order chi connectivity index (χ1) is 10.3. The van der Waals surface area contributed by atoms with E-state index in [1.165, 1.54) is 12.4 Å². The van der Waals surface area contributed by atoms with Crippen molar-refractivity contribution in [3.63, 3.8) is 0 Å². The van der Waals surface area contributed by atoms with Crippen LogP contribution in [-0.2, 0) is 0 Å². The van der Waals surface area contributed by atoms with Gasteiger partial charge in [-0.15, -0.1) is 0 Å². The van der Waals surface area contributed by atoms with Crippen molar-refractivity contribution in [2.24, 2.45) is 0 Å². The molecule has 21 heavy (non-hydrogen) atoms. The first-order valence-electron chi connectivity index (χ1n) is 6.65. The highest BCUT2D eigenvalue weighted by molar-refractivity contribution is 5.77. The molecule has 0 saturated carbocycles. The van der Waals surface area contributed by atoms with E-state index in [0.29, 0.717) is 17.1 Å². The molecule has 0 saturated heterocycles. The van der Waals surface area contributed by atoms with Crippen molar-refractivity contribution >= 4 is 17.1 Å². The Bertz CT molecular complexity index is 758. The molecule has 0 radical (unpaired) electrons. The number of rotatable bonds is 5. The average Bonchev–Trinajstić information content (AvgIpc) is 2.96. The van der Waals surface area contributed by atoms with Gasteiger partial charge in [-0.25, -0.2) is 9.37 Å². The Balaban J connectivity index is 2.00. The zero-order valence-corrected chi connectivity index (χ0v) is 11.4. The molecule has 1 aromatic carbocycles. The molecule has 0 spiro atoms. The molecule has 2 aromatic heterocycles. The fourth-order valence-corrected chi connectivity index (χ4v) is 1.83. The van der Waals surface area contributed by atoms with Crippen LogP contribution in [0.1, 0.15) is 13.3 Å². The lowest BCUT2D eigenvalue weighted by molar-refractivity contribution is 0.431. The third-order valence-electron chi connectivity index (χ3n) is 2.83. The van der Waals surface area contributed by atoms with Gasteiger partial charge in [-0.3, -0.25) is 0 Å². The Morgan fingerprint density at radius 3 is 2.95 bits per heavy atom. The van der Waals surface area contributed by atoms with Crippen LogP contribution in [0.3, 0.4) is 0 Å². The SMILES string of the molecule is CCCNc1nc(Oc2ccccc2F)c2[nH]cnc2n1. The summed E-state index contributed by atoms with van der Waals surface area (Å²) in [5, 5.41) is 3.07. The number of aromatic amines is 1. The van der Waals surface area contributed by atoms with Crippen molar-refractivity contribution in [1.82, 2.24) is 19.9 Å². The Hall–Kier alpha value is -2.70. The van der Waals surface area contributed by atoms with E-state index in [0.717, 1.165) is 13.0 Å². The second-order valence-electron chi connectivity index (χ2n) is 4.41. The molecule has 3 aromatic rings. The third kappa shape index (κ3) is 2.76. The van der Waals surface area contributed by atoms with Crippen LogP contribution >= 0.6 is 0 Å². The van der Waals surface area contributed by atoms with Gasteiger partial charge in [0, 0.05) is 6.54 Å². The van der Waals surface area contributed by atoms with Crippen LogP contribution in [0, 0.1) is 5.82 Å². The molecule has 7 heteroatoms. The number of halogens is 1. The monoisotopic (exact) mass is 287 g/mol. The maximum absolute atomic E-state index is 13.7. The number of benzene rings is 1. The molecule has 2 heterocycles. The summed E-state index contributed by atoms with van der Waals surface area (Å²) >= 11 is 0. The molecule has 0 atom stereocenters. The number of hydrogen-bond acceptors (Lipinski definition) is 5. The van der Waals surface area contributed by atoms with E-state index in [4.69, 9.17) is 4.74 Å². The summed E-state index contributed by atoms with van der Waals surface area (Å²) in [6, 6.07) is 6.16. The number of anilines is 1. The van der Waals surface area contributed by atoms with E-state index in [-0.39, 0.29) is 11.6 Å². The summed E-state index contributed by atoms with van der Waals surface area (Å²) in [5.74, 6) is 0.296. The topological polar surface area (TPSA) is 75.7 Å². The number of imidazole rings is 1. The van der Waals surface area contributed by atoms with Crippen molar-refractivity contribution < 1.29 is 9.13 Å². The van der Waals surface area contributed by atoms with E-state index in [1.54, 1.807) is 18.2 Å². The summed E-state index contributed by atoms with van der Waals surface area (Å²) in [7, 11) is 0. The van der Waals surface area contributed by atoms with Crippen molar-refractivity contribution in [3.8, 4) is 11.6 Å². The molecule has 0 aliphatic carbocycles. The average molecular weight is 287 g/mol. The van der Waals surface area contributed by atoms with Gasteiger partial charge in [0.05, 0.1) is 6.33 Å². The molecular weight excluding hydrogens is 273 g/mol. The van der Waals surface area contributed by atoms with Crippen LogP contribution < -0.4 is 10.1 Å². The lowest BCUT2D eigenvalue weighted by Gasteiger charge is -2.08. The van der Waals surface area contributed by atoms with Gasteiger partial charge in [-0.1, -0.05) is 19.1 Å². The van der Waals surface area contributed by atoms with Crippen molar-refractivity contribution in [1.29, 1.82) is 0 Å². The van der Waals surface area contributed by atoms with Gasteiger partial charge in [0.1, 0.15) is 5.52 Å². The Morgan fingerprint density at radius 2 is 2.14 bits per heavy atom. The summed E-state index contributed by atoms with van der Waals surface area (Å²) in [6.07, 6.45) is 2.43. The third-order valence-corrected chi connectivity index (χ3v) is 2.83. The quantitative estimate of drug-likeness (QED) is 0.754. The molecule has 108 valence electrons. The normalized spacial score (nSPS) is 10.8. The standard InChI is InChI=1S/C14H14FN5O/c1-2-7-16-14-19-12-11(17-8-18-12)13(20-14)21-10-6-4-3-5-9(10)15/h3-6,8H,2,7H2,1H3,(H2,16,17,18,19,20). The van der Waals surface area contributed by atoms with Crippen LogP contribution in [0.2, 0.25) is 0 Å².